The Kier molecular flexibility index (Phi) is 5.71. The Bertz CT molecular complexity index is 274. The van der Waals surface area contributed by atoms with Gasteiger partial charge in [0.2, 0.25) is 5.91 Å². The minimum Gasteiger partial charge on any atom is -0.356 e. The van der Waals surface area contributed by atoms with Crippen molar-refractivity contribution < 1.29 is 13.2 Å². The van der Waals surface area contributed by atoms with Gasteiger partial charge in [-0.2, -0.15) is 0 Å². The van der Waals surface area contributed by atoms with Gasteiger partial charge < -0.3 is 11.1 Å². The molecule has 1 atom stereocenters. The Balaban J connectivity index is 4.06. The summed E-state index contributed by atoms with van der Waals surface area (Å²) in [5.41, 5.74) is 5.24. The molecule has 0 aliphatic heterocycles. The molecule has 0 saturated heterocycles. The summed E-state index contributed by atoms with van der Waals surface area (Å²) in [5, 5.41) is 1.97. The van der Waals surface area contributed by atoms with E-state index < -0.39 is 15.1 Å². The number of nitrogens with one attached hydrogen (secondary N) is 1. The van der Waals surface area contributed by atoms with Crippen molar-refractivity contribution in [3.8, 4) is 0 Å². The van der Waals surface area contributed by atoms with Crippen molar-refractivity contribution in [3.05, 3.63) is 0 Å². The van der Waals surface area contributed by atoms with Crippen LogP contribution in [0.25, 0.3) is 0 Å². The second kappa shape index (κ2) is 5.98. The quantitative estimate of drug-likeness (QED) is 0.620. The summed E-state index contributed by atoms with van der Waals surface area (Å²) in [6.45, 7) is 3.95. The van der Waals surface area contributed by atoms with Crippen molar-refractivity contribution in [2.45, 2.75) is 25.5 Å². The summed E-state index contributed by atoms with van der Waals surface area (Å²) in [5.74, 6) is -0.364. The van der Waals surface area contributed by atoms with Gasteiger partial charge in [0.25, 0.3) is 0 Å². The van der Waals surface area contributed by atoms with Gasteiger partial charge in [-0.15, -0.1) is 0 Å². The molecule has 0 saturated carbocycles. The largest absolute Gasteiger partial charge is 0.356 e. The number of nitrogens with two attached hydrogens (primary N) is 1. The molecular formula is C8H18N2O3S. The van der Waals surface area contributed by atoms with E-state index in [4.69, 9.17) is 5.73 Å². The number of amides is 1. The van der Waals surface area contributed by atoms with Gasteiger partial charge in [0.05, 0.1) is 11.0 Å². The summed E-state index contributed by atoms with van der Waals surface area (Å²) < 4.78 is 22.8. The Morgan fingerprint density at radius 1 is 1.50 bits per heavy atom. The van der Waals surface area contributed by atoms with Crippen molar-refractivity contribution >= 4 is 15.7 Å². The zero-order valence-electron chi connectivity index (χ0n) is 8.62. The zero-order valence-corrected chi connectivity index (χ0v) is 9.43. The molecule has 0 aromatic carbocycles. The van der Waals surface area contributed by atoms with E-state index in [1.807, 2.05) is 0 Å². The number of carbonyl (C=O) groups excluding carboxylic acids is 1. The molecule has 0 aromatic heterocycles. The van der Waals surface area contributed by atoms with Crippen LogP contribution in [0.2, 0.25) is 0 Å². The van der Waals surface area contributed by atoms with E-state index in [9.17, 15) is 13.2 Å². The van der Waals surface area contributed by atoms with E-state index in [0.717, 1.165) is 0 Å². The van der Waals surface area contributed by atoms with Crippen LogP contribution >= 0.6 is 0 Å². The Hall–Kier alpha value is -0.620. The van der Waals surface area contributed by atoms with Crippen molar-refractivity contribution in [3.63, 3.8) is 0 Å². The third-order valence-corrected chi connectivity index (χ3v) is 4.12. The number of carbonyl (C=O) groups is 1. The molecule has 0 fully saturated rings. The fourth-order valence-corrected chi connectivity index (χ4v) is 2.03. The molecule has 0 radical (unpaired) electrons. The highest BCUT2D eigenvalue weighted by Crippen LogP contribution is 2.02. The van der Waals surface area contributed by atoms with Crippen molar-refractivity contribution in [2.24, 2.45) is 5.73 Å². The lowest BCUT2D eigenvalue weighted by molar-refractivity contribution is -0.120. The highest BCUT2D eigenvalue weighted by molar-refractivity contribution is 7.92. The fourth-order valence-electron chi connectivity index (χ4n) is 0.868. The molecule has 14 heavy (non-hydrogen) atoms. The third-order valence-electron chi connectivity index (χ3n) is 1.93. The van der Waals surface area contributed by atoms with Gasteiger partial charge in [0.1, 0.15) is 0 Å². The van der Waals surface area contributed by atoms with Crippen LogP contribution in [0.3, 0.4) is 0 Å². The van der Waals surface area contributed by atoms with Crippen LogP contribution in [0.15, 0.2) is 0 Å². The van der Waals surface area contributed by atoms with E-state index in [1.165, 1.54) is 0 Å². The number of hydrogen-bond acceptors (Lipinski definition) is 4. The Morgan fingerprint density at radius 3 is 2.50 bits per heavy atom. The maximum Gasteiger partial charge on any atom is 0.221 e. The average Bonchev–Trinajstić information content (AvgIpc) is 2.14. The second-order valence-corrected chi connectivity index (χ2v) is 5.66. The fraction of sp³-hybridized carbons (Fsp3) is 0.875. The lowest BCUT2D eigenvalue weighted by atomic mass is 10.4. The van der Waals surface area contributed by atoms with Gasteiger partial charge in [-0.1, -0.05) is 0 Å². The van der Waals surface area contributed by atoms with Crippen LogP contribution in [-0.4, -0.2) is 38.4 Å². The first-order chi connectivity index (χ1) is 6.44. The summed E-state index contributed by atoms with van der Waals surface area (Å²) in [6.07, 6.45) is 0.0144. The van der Waals surface area contributed by atoms with E-state index in [-0.39, 0.29) is 24.6 Å². The SMILES string of the molecule is CCNC(=O)CCS(=O)(=O)C(C)CN. The van der Waals surface area contributed by atoms with Gasteiger partial charge >= 0.3 is 0 Å². The van der Waals surface area contributed by atoms with Crippen LogP contribution in [0.5, 0.6) is 0 Å². The predicted molar refractivity (Wildman–Crippen MR) is 55.6 cm³/mol. The smallest absolute Gasteiger partial charge is 0.221 e. The molecule has 5 nitrogen and oxygen atoms in total. The molecular weight excluding hydrogens is 204 g/mol. The molecule has 1 unspecified atom stereocenters. The molecule has 0 rings (SSSR count). The van der Waals surface area contributed by atoms with Crippen LogP contribution in [0, 0.1) is 0 Å². The third kappa shape index (κ3) is 4.57. The maximum atomic E-state index is 11.4. The Labute approximate surface area is 85.0 Å². The summed E-state index contributed by atoms with van der Waals surface area (Å²) >= 11 is 0. The number of rotatable bonds is 6. The van der Waals surface area contributed by atoms with Crippen molar-refractivity contribution in [1.82, 2.24) is 5.32 Å². The molecule has 0 aromatic rings. The molecule has 0 heterocycles. The number of sulfone groups is 1. The second-order valence-electron chi connectivity index (χ2n) is 3.12. The minimum absolute atomic E-state index is 0.0144. The first-order valence-electron chi connectivity index (χ1n) is 4.62. The minimum atomic E-state index is -3.21. The normalized spacial score (nSPS) is 13.6. The van der Waals surface area contributed by atoms with Crippen molar-refractivity contribution in [1.29, 1.82) is 0 Å². The van der Waals surface area contributed by atoms with E-state index >= 15 is 0 Å². The van der Waals surface area contributed by atoms with Crippen LogP contribution < -0.4 is 11.1 Å². The standard InChI is InChI=1S/C8H18N2O3S/c1-3-10-8(11)4-5-14(12,13)7(2)6-9/h7H,3-6,9H2,1-2H3,(H,10,11). The molecule has 0 aliphatic rings. The molecule has 0 bridgehead atoms. The number of hydrogen-bond donors (Lipinski definition) is 2. The van der Waals surface area contributed by atoms with E-state index in [2.05, 4.69) is 5.32 Å². The van der Waals surface area contributed by atoms with Crippen LogP contribution in [0.4, 0.5) is 0 Å². The molecule has 3 N–H and O–H groups in total. The summed E-state index contributed by atoms with van der Waals surface area (Å²) in [7, 11) is -3.21. The monoisotopic (exact) mass is 222 g/mol. The Morgan fingerprint density at radius 2 is 2.07 bits per heavy atom. The molecule has 0 aliphatic carbocycles. The molecule has 6 heteroatoms. The molecule has 1 amide bonds. The molecule has 0 spiro atoms. The highest BCUT2D eigenvalue weighted by atomic mass is 32.2. The van der Waals surface area contributed by atoms with Crippen LogP contribution in [0.1, 0.15) is 20.3 Å². The van der Waals surface area contributed by atoms with Gasteiger partial charge in [0.15, 0.2) is 9.84 Å². The average molecular weight is 222 g/mol. The lowest BCUT2D eigenvalue weighted by Crippen LogP contribution is -2.31. The van der Waals surface area contributed by atoms with E-state index in [1.54, 1.807) is 13.8 Å². The van der Waals surface area contributed by atoms with Gasteiger partial charge in [-0.05, 0) is 13.8 Å². The topological polar surface area (TPSA) is 89.3 Å². The van der Waals surface area contributed by atoms with Crippen molar-refractivity contribution in [2.75, 3.05) is 18.8 Å². The highest BCUT2D eigenvalue weighted by Gasteiger charge is 2.19. The zero-order chi connectivity index (χ0) is 11.2. The first kappa shape index (κ1) is 13.4. The lowest BCUT2D eigenvalue weighted by Gasteiger charge is -2.09. The summed E-state index contributed by atoms with van der Waals surface area (Å²) in [6, 6.07) is 0. The predicted octanol–water partition coefficient (Wildman–Crippen LogP) is -0.725. The van der Waals surface area contributed by atoms with Gasteiger partial charge in [-0.3, -0.25) is 4.79 Å². The first-order valence-corrected chi connectivity index (χ1v) is 6.34. The molecule has 84 valence electrons. The van der Waals surface area contributed by atoms with Gasteiger partial charge in [0, 0.05) is 19.5 Å². The van der Waals surface area contributed by atoms with Gasteiger partial charge in [-0.25, -0.2) is 8.42 Å². The van der Waals surface area contributed by atoms with E-state index in [0.29, 0.717) is 6.54 Å². The summed E-state index contributed by atoms with van der Waals surface area (Å²) in [4.78, 5) is 11.0. The maximum absolute atomic E-state index is 11.4. The van der Waals surface area contributed by atoms with Crippen LogP contribution in [-0.2, 0) is 14.6 Å².